The maximum atomic E-state index is 13.4. The largest absolute Gasteiger partial charge is 0.497 e. The third-order valence-corrected chi connectivity index (χ3v) is 5.68. The molecule has 33 heavy (non-hydrogen) atoms. The van der Waals surface area contributed by atoms with E-state index < -0.39 is 0 Å². The van der Waals surface area contributed by atoms with E-state index in [4.69, 9.17) is 14.0 Å². The average Bonchev–Trinajstić information content (AvgIpc) is 3.48. The van der Waals surface area contributed by atoms with Crippen molar-refractivity contribution in [3.63, 3.8) is 0 Å². The van der Waals surface area contributed by atoms with E-state index in [0.29, 0.717) is 48.8 Å². The number of methoxy groups -OCH3 is 2. The smallest absolute Gasteiger partial charge is 0.260 e. The number of ether oxygens (including phenoxy) is 2. The number of para-hydroxylation sites is 1. The van der Waals surface area contributed by atoms with Crippen LogP contribution in [0.2, 0.25) is 0 Å². The minimum Gasteiger partial charge on any atom is -0.497 e. The first kappa shape index (κ1) is 20.7. The Labute approximate surface area is 190 Å². The summed E-state index contributed by atoms with van der Waals surface area (Å²) in [6, 6.07) is 15.3. The molecule has 1 aliphatic heterocycles. The Morgan fingerprint density at radius 2 is 1.85 bits per heavy atom. The quantitative estimate of drug-likeness (QED) is 0.431. The van der Waals surface area contributed by atoms with Gasteiger partial charge >= 0.3 is 0 Å². The predicted molar refractivity (Wildman–Crippen MR) is 119 cm³/mol. The van der Waals surface area contributed by atoms with Crippen molar-refractivity contribution in [2.45, 2.75) is 19.5 Å². The molecule has 0 fully saturated rings. The van der Waals surface area contributed by atoms with Crippen molar-refractivity contribution in [1.29, 1.82) is 0 Å². The van der Waals surface area contributed by atoms with E-state index >= 15 is 0 Å². The molecule has 9 heteroatoms. The molecular formula is C24H23N5O4. The van der Waals surface area contributed by atoms with Gasteiger partial charge in [0.05, 0.1) is 33.5 Å². The number of benzene rings is 2. The number of carbonyl (C=O) groups excluding carboxylic acids is 1. The highest BCUT2D eigenvalue weighted by atomic mass is 16.5. The monoisotopic (exact) mass is 445 g/mol. The summed E-state index contributed by atoms with van der Waals surface area (Å²) in [5.41, 5.74) is 3.51. The molecule has 1 amide bonds. The molecule has 2 aromatic heterocycles. The fourth-order valence-electron chi connectivity index (χ4n) is 3.99. The summed E-state index contributed by atoms with van der Waals surface area (Å²) in [5.74, 6) is 1.91. The van der Waals surface area contributed by atoms with Crippen LogP contribution in [0.3, 0.4) is 0 Å². The molecule has 4 aromatic rings. The minimum atomic E-state index is -0.136. The summed E-state index contributed by atoms with van der Waals surface area (Å²) in [7, 11) is 3.23. The zero-order chi connectivity index (χ0) is 22.8. The van der Waals surface area contributed by atoms with Crippen molar-refractivity contribution in [2.75, 3.05) is 20.8 Å². The van der Waals surface area contributed by atoms with Crippen LogP contribution in [0.15, 0.2) is 59.3 Å². The highest BCUT2D eigenvalue weighted by molar-refractivity contribution is 6.02. The van der Waals surface area contributed by atoms with Crippen LogP contribution in [0, 0.1) is 0 Å². The van der Waals surface area contributed by atoms with Crippen molar-refractivity contribution in [3.8, 4) is 22.8 Å². The second-order valence-electron chi connectivity index (χ2n) is 7.76. The molecule has 0 N–H and O–H groups in total. The van der Waals surface area contributed by atoms with Crippen LogP contribution in [-0.2, 0) is 19.5 Å². The van der Waals surface area contributed by atoms with Crippen LogP contribution < -0.4 is 9.47 Å². The number of hydrogen-bond donors (Lipinski definition) is 0. The number of hydrogen-bond acceptors (Lipinski definition) is 7. The van der Waals surface area contributed by atoms with Crippen LogP contribution in [0.5, 0.6) is 11.5 Å². The second-order valence-corrected chi connectivity index (χ2v) is 7.76. The minimum absolute atomic E-state index is 0.136. The molecule has 0 atom stereocenters. The molecule has 0 bridgehead atoms. The predicted octanol–water partition coefficient (Wildman–Crippen LogP) is 3.20. The maximum absolute atomic E-state index is 13.4. The lowest BCUT2D eigenvalue weighted by molar-refractivity contribution is 0.0717. The lowest BCUT2D eigenvalue weighted by atomic mass is 10.00. The second kappa shape index (κ2) is 8.78. The van der Waals surface area contributed by atoms with Gasteiger partial charge in [-0.25, -0.2) is 4.68 Å². The highest BCUT2D eigenvalue weighted by Gasteiger charge is 2.33. The summed E-state index contributed by atoms with van der Waals surface area (Å²) in [6.45, 7) is 1.47. The first-order valence-electron chi connectivity index (χ1n) is 10.6. The van der Waals surface area contributed by atoms with Gasteiger partial charge in [-0.1, -0.05) is 34.6 Å². The van der Waals surface area contributed by atoms with Gasteiger partial charge in [-0.2, -0.15) is 0 Å². The molecule has 0 unspecified atom stereocenters. The van der Waals surface area contributed by atoms with Crippen LogP contribution in [0.4, 0.5) is 0 Å². The molecule has 9 nitrogen and oxygen atoms in total. The van der Waals surface area contributed by atoms with E-state index in [1.807, 2.05) is 54.7 Å². The molecule has 3 heterocycles. The third kappa shape index (κ3) is 4.05. The van der Waals surface area contributed by atoms with Gasteiger partial charge in [0.1, 0.15) is 28.5 Å². The maximum Gasteiger partial charge on any atom is 0.260 e. The molecule has 2 aromatic carbocycles. The van der Waals surface area contributed by atoms with Crippen molar-refractivity contribution < 1.29 is 18.8 Å². The van der Waals surface area contributed by atoms with E-state index in [2.05, 4.69) is 15.5 Å². The Hall–Kier alpha value is -4.14. The molecule has 5 rings (SSSR count). The van der Waals surface area contributed by atoms with Gasteiger partial charge in [-0.15, -0.1) is 5.10 Å². The van der Waals surface area contributed by atoms with Crippen LogP contribution in [-0.4, -0.2) is 51.7 Å². The van der Waals surface area contributed by atoms with Gasteiger partial charge in [0.2, 0.25) is 0 Å². The summed E-state index contributed by atoms with van der Waals surface area (Å²) >= 11 is 0. The standard InChI is InChI=1S/C24H23N5O4/c1-31-18-9-7-16(8-10-18)13-29-15-17(25-27-29)14-28-12-11-21-22(24(28)30)23(26-33-21)19-5-3-4-6-20(19)32-2/h3-10,15H,11-14H2,1-2H3. The van der Waals surface area contributed by atoms with Gasteiger partial charge < -0.3 is 18.9 Å². The number of carbonyl (C=O) groups is 1. The molecule has 0 saturated carbocycles. The third-order valence-electron chi connectivity index (χ3n) is 5.68. The molecule has 168 valence electrons. The SMILES string of the molecule is COc1ccc(Cn2cc(CN3CCc4onc(-c5ccccc5OC)c4C3=O)nn2)cc1. The average molecular weight is 445 g/mol. The van der Waals surface area contributed by atoms with Gasteiger partial charge in [-0.05, 0) is 29.8 Å². The Balaban J connectivity index is 1.33. The van der Waals surface area contributed by atoms with Crippen LogP contribution in [0.1, 0.15) is 27.4 Å². The lowest BCUT2D eigenvalue weighted by Crippen LogP contribution is -2.36. The van der Waals surface area contributed by atoms with Crippen molar-refractivity contribution >= 4 is 5.91 Å². The Morgan fingerprint density at radius 3 is 2.64 bits per heavy atom. The van der Waals surface area contributed by atoms with Crippen molar-refractivity contribution in [3.05, 3.63) is 77.3 Å². The van der Waals surface area contributed by atoms with Gasteiger partial charge in [0.25, 0.3) is 5.91 Å². The zero-order valence-corrected chi connectivity index (χ0v) is 18.4. The van der Waals surface area contributed by atoms with E-state index in [1.165, 1.54) is 0 Å². The fraction of sp³-hybridized carbons (Fsp3) is 0.250. The molecule has 0 radical (unpaired) electrons. The molecule has 0 spiro atoms. The number of nitrogens with zero attached hydrogens (tertiary/aromatic N) is 5. The number of rotatable bonds is 7. The van der Waals surface area contributed by atoms with E-state index in [0.717, 1.165) is 22.6 Å². The topological polar surface area (TPSA) is 95.5 Å². The lowest BCUT2D eigenvalue weighted by Gasteiger charge is -2.25. The molecule has 0 saturated heterocycles. The van der Waals surface area contributed by atoms with Crippen molar-refractivity contribution in [2.24, 2.45) is 0 Å². The molecule has 0 aliphatic carbocycles. The highest BCUT2D eigenvalue weighted by Crippen LogP contribution is 2.35. The Kier molecular flexibility index (Phi) is 5.52. The number of amides is 1. The van der Waals surface area contributed by atoms with Gasteiger partial charge in [0.15, 0.2) is 5.76 Å². The first-order chi connectivity index (χ1) is 16.2. The van der Waals surface area contributed by atoms with E-state index in [-0.39, 0.29) is 5.91 Å². The molecular weight excluding hydrogens is 422 g/mol. The summed E-state index contributed by atoms with van der Waals surface area (Å²) in [5, 5.41) is 12.7. The fourth-order valence-corrected chi connectivity index (χ4v) is 3.99. The molecule has 1 aliphatic rings. The van der Waals surface area contributed by atoms with Crippen LogP contribution >= 0.6 is 0 Å². The van der Waals surface area contributed by atoms with E-state index in [9.17, 15) is 4.79 Å². The first-order valence-corrected chi connectivity index (χ1v) is 10.6. The normalized spacial score (nSPS) is 13.2. The summed E-state index contributed by atoms with van der Waals surface area (Å²) < 4.78 is 17.9. The van der Waals surface area contributed by atoms with Gasteiger partial charge in [0, 0.05) is 18.5 Å². The Bertz CT molecular complexity index is 1280. The summed E-state index contributed by atoms with van der Waals surface area (Å²) in [4.78, 5) is 15.1. The van der Waals surface area contributed by atoms with Gasteiger partial charge in [-0.3, -0.25) is 4.79 Å². The van der Waals surface area contributed by atoms with Crippen LogP contribution in [0.25, 0.3) is 11.3 Å². The van der Waals surface area contributed by atoms with Crippen molar-refractivity contribution in [1.82, 2.24) is 25.1 Å². The summed E-state index contributed by atoms with van der Waals surface area (Å²) in [6.07, 6.45) is 2.45. The zero-order valence-electron chi connectivity index (χ0n) is 18.4. The Morgan fingerprint density at radius 1 is 1.03 bits per heavy atom. The number of fused-ring (bicyclic) bond motifs is 1. The number of aromatic nitrogens is 4. The van der Waals surface area contributed by atoms with E-state index in [1.54, 1.807) is 23.8 Å².